The fourth-order valence-electron chi connectivity index (χ4n) is 2.23. The molecule has 102 valence electrons. The van der Waals surface area contributed by atoms with Gasteiger partial charge in [0.05, 0.1) is 16.6 Å². The van der Waals surface area contributed by atoms with Crippen LogP contribution in [0.1, 0.15) is 30.5 Å². The standard InChI is InChI=1S/C13H21ClN2S2/c1-11-9-16(6-7-17-11)5-3-2-4-13-15-12(8-14)10-18-13/h10-11H,2-9H2,1H3. The zero-order valence-corrected chi connectivity index (χ0v) is 13.3. The molecule has 0 N–H and O–H groups in total. The van der Waals surface area contributed by atoms with E-state index >= 15 is 0 Å². The van der Waals surface area contributed by atoms with Gasteiger partial charge in [0.15, 0.2) is 0 Å². The Labute approximate surface area is 123 Å². The molecule has 0 aromatic carbocycles. The van der Waals surface area contributed by atoms with Crippen molar-refractivity contribution in [3.8, 4) is 0 Å². The molecule has 0 radical (unpaired) electrons. The number of aromatic nitrogens is 1. The summed E-state index contributed by atoms with van der Waals surface area (Å²) < 4.78 is 0. The summed E-state index contributed by atoms with van der Waals surface area (Å²) in [5, 5.41) is 4.13. The maximum absolute atomic E-state index is 5.75. The first kappa shape index (κ1) is 14.6. The van der Waals surface area contributed by atoms with Crippen molar-refractivity contribution in [1.29, 1.82) is 0 Å². The first-order valence-corrected chi connectivity index (χ1v) is 9.07. The van der Waals surface area contributed by atoms with Crippen LogP contribution in [0.2, 0.25) is 0 Å². The number of aryl methyl sites for hydroxylation is 1. The summed E-state index contributed by atoms with van der Waals surface area (Å²) in [6, 6.07) is 0. The van der Waals surface area contributed by atoms with Gasteiger partial charge in [0.25, 0.3) is 0 Å². The maximum atomic E-state index is 5.75. The molecular formula is C13H21ClN2S2. The van der Waals surface area contributed by atoms with E-state index in [1.807, 2.05) is 0 Å². The molecule has 2 nitrogen and oxygen atoms in total. The van der Waals surface area contributed by atoms with E-state index in [0.717, 1.165) is 17.4 Å². The normalized spacial score (nSPS) is 21.3. The van der Waals surface area contributed by atoms with Crippen molar-refractivity contribution in [2.75, 3.05) is 25.4 Å². The molecule has 1 unspecified atom stereocenters. The molecule has 0 aliphatic carbocycles. The van der Waals surface area contributed by atoms with E-state index in [2.05, 4.69) is 33.9 Å². The van der Waals surface area contributed by atoms with Crippen LogP contribution in [0.5, 0.6) is 0 Å². The first-order valence-electron chi connectivity index (χ1n) is 6.61. The summed E-state index contributed by atoms with van der Waals surface area (Å²) in [7, 11) is 0. The van der Waals surface area contributed by atoms with E-state index < -0.39 is 0 Å². The van der Waals surface area contributed by atoms with Crippen LogP contribution in [0, 0.1) is 0 Å². The maximum Gasteiger partial charge on any atom is 0.0928 e. The van der Waals surface area contributed by atoms with Gasteiger partial charge in [-0.25, -0.2) is 4.98 Å². The molecule has 1 aromatic rings. The number of hydrogen-bond acceptors (Lipinski definition) is 4. The second-order valence-electron chi connectivity index (χ2n) is 4.81. The molecule has 5 heteroatoms. The highest BCUT2D eigenvalue weighted by atomic mass is 35.5. The van der Waals surface area contributed by atoms with E-state index in [0.29, 0.717) is 5.88 Å². The zero-order valence-electron chi connectivity index (χ0n) is 10.9. The average molecular weight is 305 g/mol. The van der Waals surface area contributed by atoms with Gasteiger partial charge in [0, 0.05) is 29.5 Å². The fourth-order valence-corrected chi connectivity index (χ4v) is 4.38. The largest absolute Gasteiger partial charge is 0.301 e. The molecule has 1 saturated heterocycles. The number of nitrogens with zero attached hydrogens (tertiary/aromatic N) is 2. The molecule has 0 saturated carbocycles. The number of thiazole rings is 1. The Kier molecular flexibility index (Phi) is 6.29. The summed E-state index contributed by atoms with van der Waals surface area (Å²) >= 11 is 9.60. The van der Waals surface area contributed by atoms with E-state index in [-0.39, 0.29) is 0 Å². The lowest BCUT2D eigenvalue weighted by atomic mass is 10.2. The lowest BCUT2D eigenvalue weighted by Gasteiger charge is -2.30. The predicted molar refractivity (Wildman–Crippen MR) is 83.0 cm³/mol. The molecule has 0 amide bonds. The van der Waals surface area contributed by atoms with Crippen molar-refractivity contribution in [1.82, 2.24) is 9.88 Å². The van der Waals surface area contributed by atoms with Crippen molar-refractivity contribution in [3.63, 3.8) is 0 Å². The lowest BCUT2D eigenvalue weighted by Crippen LogP contribution is -2.37. The van der Waals surface area contributed by atoms with Crippen molar-refractivity contribution in [3.05, 3.63) is 16.1 Å². The molecule has 18 heavy (non-hydrogen) atoms. The molecule has 0 bridgehead atoms. The highest BCUT2D eigenvalue weighted by molar-refractivity contribution is 7.99. The molecule has 2 heterocycles. The number of hydrogen-bond donors (Lipinski definition) is 0. The Bertz CT molecular complexity index is 357. The molecule has 1 aliphatic rings. The average Bonchev–Trinajstić information content (AvgIpc) is 2.83. The van der Waals surface area contributed by atoms with E-state index in [4.69, 9.17) is 11.6 Å². The number of unbranched alkanes of at least 4 members (excludes halogenated alkanes) is 1. The van der Waals surface area contributed by atoms with Crippen LogP contribution in [0.15, 0.2) is 5.38 Å². The lowest BCUT2D eigenvalue weighted by molar-refractivity contribution is 0.280. The highest BCUT2D eigenvalue weighted by Crippen LogP contribution is 2.18. The third-order valence-corrected chi connectivity index (χ3v) is 5.54. The van der Waals surface area contributed by atoms with Crippen molar-refractivity contribution in [2.24, 2.45) is 0 Å². The van der Waals surface area contributed by atoms with Gasteiger partial charge < -0.3 is 4.90 Å². The minimum Gasteiger partial charge on any atom is -0.301 e. The minimum atomic E-state index is 0.542. The zero-order chi connectivity index (χ0) is 12.8. The van der Waals surface area contributed by atoms with Gasteiger partial charge in [-0.2, -0.15) is 11.8 Å². The number of rotatable bonds is 6. The van der Waals surface area contributed by atoms with Crippen LogP contribution in [0.25, 0.3) is 0 Å². The number of halogens is 1. The van der Waals surface area contributed by atoms with E-state index in [9.17, 15) is 0 Å². The van der Waals surface area contributed by atoms with E-state index in [1.54, 1.807) is 11.3 Å². The van der Waals surface area contributed by atoms with E-state index in [1.165, 1.54) is 43.2 Å². The second-order valence-corrected chi connectivity index (χ2v) is 7.56. The van der Waals surface area contributed by atoms with Crippen LogP contribution in [0.4, 0.5) is 0 Å². The van der Waals surface area contributed by atoms with Crippen LogP contribution in [-0.2, 0) is 12.3 Å². The van der Waals surface area contributed by atoms with Gasteiger partial charge in [-0.3, -0.25) is 0 Å². The van der Waals surface area contributed by atoms with Crippen LogP contribution >= 0.6 is 34.7 Å². The number of alkyl halides is 1. The molecule has 1 fully saturated rings. The van der Waals surface area contributed by atoms with Crippen LogP contribution in [0.3, 0.4) is 0 Å². The quantitative estimate of drug-likeness (QED) is 0.589. The van der Waals surface area contributed by atoms with Gasteiger partial charge >= 0.3 is 0 Å². The minimum absolute atomic E-state index is 0.542. The fraction of sp³-hybridized carbons (Fsp3) is 0.769. The van der Waals surface area contributed by atoms with Gasteiger partial charge in [0.2, 0.25) is 0 Å². The van der Waals surface area contributed by atoms with Crippen LogP contribution in [-0.4, -0.2) is 40.5 Å². The molecule has 2 rings (SSSR count). The Balaban J connectivity index is 1.60. The first-order chi connectivity index (χ1) is 8.78. The smallest absolute Gasteiger partial charge is 0.0928 e. The summed E-state index contributed by atoms with van der Waals surface area (Å²) in [5.74, 6) is 1.84. The van der Waals surface area contributed by atoms with Crippen molar-refractivity contribution >= 4 is 34.7 Å². The van der Waals surface area contributed by atoms with Gasteiger partial charge in [-0.1, -0.05) is 6.92 Å². The Morgan fingerprint density at radius 2 is 2.39 bits per heavy atom. The third-order valence-electron chi connectivity index (χ3n) is 3.18. The number of thioether (sulfide) groups is 1. The molecule has 0 spiro atoms. The summed E-state index contributed by atoms with van der Waals surface area (Å²) in [4.78, 5) is 7.10. The van der Waals surface area contributed by atoms with Crippen molar-refractivity contribution < 1.29 is 0 Å². The monoisotopic (exact) mass is 304 g/mol. The molecule has 1 aliphatic heterocycles. The summed E-state index contributed by atoms with van der Waals surface area (Å²) in [6.07, 6.45) is 3.64. The molecule has 1 aromatic heterocycles. The summed E-state index contributed by atoms with van der Waals surface area (Å²) in [6.45, 7) is 6.11. The van der Waals surface area contributed by atoms with Gasteiger partial charge in [-0.05, 0) is 25.8 Å². The Hall–Kier alpha value is 0.230. The van der Waals surface area contributed by atoms with Crippen molar-refractivity contribution in [2.45, 2.75) is 37.3 Å². The molecule has 1 atom stereocenters. The molecular weight excluding hydrogens is 284 g/mol. The Morgan fingerprint density at radius 3 is 3.11 bits per heavy atom. The predicted octanol–water partition coefficient (Wildman–Crippen LogP) is 3.64. The summed E-state index contributed by atoms with van der Waals surface area (Å²) in [5.41, 5.74) is 1.03. The highest BCUT2D eigenvalue weighted by Gasteiger charge is 2.15. The SMILES string of the molecule is CC1CN(CCCCc2nc(CCl)cs2)CCS1. The van der Waals surface area contributed by atoms with Gasteiger partial charge in [-0.15, -0.1) is 22.9 Å². The third kappa shape index (κ3) is 4.72. The van der Waals surface area contributed by atoms with Crippen LogP contribution < -0.4 is 0 Å². The Morgan fingerprint density at radius 1 is 1.50 bits per heavy atom. The van der Waals surface area contributed by atoms with Gasteiger partial charge in [0.1, 0.15) is 0 Å². The second kappa shape index (κ2) is 7.73. The topological polar surface area (TPSA) is 16.1 Å².